The lowest BCUT2D eigenvalue weighted by Gasteiger charge is -2.06. The predicted octanol–water partition coefficient (Wildman–Crippen LogP) is 2.85. The number of amides is 1. The molecule has 0 spiro atoms. The van der Waals surface area contributed by atoms with Gasteiger partial charge in [-0.1, -0.05) is 30.3 Å². The lowest BCUT2D eigenvalue weighted by molar-refractivity contribution is -0.148. The molecule has 2 rings (SSSR count). The molecule has 1 heterocycles. The summed E-state index contributed by atoms with van der Waals surface area (Å²) in [5.41, 5.74) is 6.15. The molecule has 0 aliphatic rings. The zero-order valence-electron chi connectivity index (χ0n) is 11.5. The van der Waals surface area contributed by atoms with Crippen molar-refractivity contribution in [3.63, 3.8) is 0 Å². The van der Waals surface area contributed by atoms with Crippen molar-refractivity contribution in [1.82, 2.24) is 0 Å². The van der Waals surface area contributed by atoms with E-state index in [0.29, 0.717) is 0 Å². The highest BCUT2D eigenvalue weighted by atomic mass is 32.1. The molecular weight excluding hydrogens is 286 g/mol. The summed E-state index contributed by atoms with van der Waals surface area (Å²) in [4.78, 5) is 24.3. The van der Waals surface area contributed by atoms with Crippen LogP contribution in [0.15, 0.2) is 48.5 Å². The van der Waals surface area contributed by atoms with Gasteiger partial charge in [-0.2, -0.15) is 0 Å². The quantitative estimate of drug-likeness (QED) is 0.682. The third-order valence-corrected chi connectivity index (χ3v) is 3.86. The van der Waals surface area contributed by atoms with Crippen LogP contribution in [-0.2, 0) is 14.3 Å². The molecule has 21 heavy (non-hydrogen) atoms. The van der Waals surface area contributed by atoms with Gasteiger partial charge in [0.1, 0.15) is 0 Å². The number of hydrogen-bond acceptors (Lipinski definition) is 4. The Labute approximate surface area is 126 Å². The number of benzene rings is 1. The number of rotatable bonds is 5. The van der Waals surface area contributed by atoms with E-state index in [1.165, 1.54) is 13.0 Å². The molecule has 5 heteroatoms. The van der Waals surface area contributed by atoms with Gasteiger partial charge >= 0.3 is 5.97 Å². The van der Waals surface area contributed by atoms with Crippen LogP contribution in [0.25, 0.3) is 16.5 Å². The first-order valence-corrected chi connectivity index (χ1v) is 7.21. The maximum absolute atomic E-state index is 11.5. The number of esters is 1. The molecule has 1 unspecified atom stereocenters. The van der Waals surface area contributed by atoms with E-state index in [4.69, 9.17) is 10.5 Å². The van der Waals surface area contributed by atoms with Crippen molar-refractivity contribution in [2.45, 2.75) is 13.0 Å². The molecule has 2 aromatic rings. The van der Waals surface area contributed by atoms with Gasteiger partial charge in [0.15, 0.2) is 6.10 Å². The Hall–Kier alpha value is -2.40. The molecule has 1 amide bonds. The molecule has 0 saturated heterocycles. The Kier molecular flexibility index (Phi) is 4.90. The lowest BCUT2D eigenvalue weighted by Crippen LogP contribution is -2.29. The standard InChI is InChI=1S/C16H15NO3S/c1-11(16(17)19)20-15(18)10-8-13-7-9-14(21-13)12-5-3-2-4-6-12/h2-11H,1H3,(H2,17,19)/b10-8+. The molecule has 0 saturated carbocycles. The van der Waals surface area contributed by atoms with Crippen LogP contribution < -0.4 is 5.73 Å². The smallest absolute Gasteiger partial charge is 0.331 e. The van der Waals surface area contributed by atoms with Gasteiger partial charge in [0.25, 0.3) is 5.91 Å². The Morgan fingerprint density at radius 3 is 2.57 bits per heavy atom. The van der Waals surface area contributed by atoms with Gasteiger partial charge in [0.05, 0.1) is 0 Å². The Bertz CT molecular complexity index is 661. The van der Waals surface area contributed by atoms with Crippen molar-refractivity contribution in [3.8, 4) is 10.4 Å². The van der Waals surface area contributed by atoms with E-state index in [1.807, 2.05) is 42.5 Å². The third kappa shape index (κ3) is 4.29. The van der Waals surface area contributed by atoms with Crippen LogP contribution in [0, 0.1) is 0 Å². The van der Waals surface area contributed by atoms with E-state index < -0.39 is 18.0 Å². The summed E-state index contributed by atoms with van der Waals surface area (Å²) in [6.45, 7) is 1.44. The van der Waals surface area contributed by atoms with Gasteiger partial charge in [-0.05, 0) is 30.7 Å². The fourth-order valence-electron chi connectivity index (χ4n) is 1.62. The first kappa shape index (κ1) is 15.0. The summed E-state index contributed by atoms with van der Waals surface area (Å²) in [6.07, 6.45) is 2.03. The fraction of sp³-hybridized carbons (Fsp3) is 0.125. The average molecular weight is 301 g/mol. The van der Waals surface area contributed by atoms with Gasteiger partial charge in [-0.15, -0.1) is 11.3 Å². The van der Waals surface area contributed by atoms with Crippen LogP contribution in [0.4, 0.5) is 0 Å². The Morgan fingerprint density at radius 2 is 1.90 bits per heavy atom. The molecule has 0 aliphatic heterocycles. The normalized spacial score (nSPS) is 12.2. The van der Waals surface area contributed by atoms with Gasteiger partial charge < -0.3 is 10.5 Å². The number of carbonyl (C=O) groups is 2. The summed E-state index contributed by atoms with van der Waals surface area (Å²) < 4.78 is 4.83. The molecule has 1 atom stereocenters. The second-order valence-corrected chi connectivity index (χ2v) is 5.50. The Balaban J connectivity index is 2.01. The maximum Gasteiger partial charge on any atom is 0.331 e. The number of ether oxygens (including phenoxy) is 1. The van der Waals surface area contributed by atoms with Crippen molar-refractivity contribution in [1.29, 1.82) is 0 Å². The third-order valence-electron chi connectivity index (χ3n) is 2.76. The van der Waals surface area contributed by atoms with Crippen molar-refractivity contribution >= 4 is 29.3 Å². The molecule has 1 aromatic heterocycles. The number of hydrogen-bond donors (Lipinski definition) is 1. The highest BCUT2D eigenvalue weighted by Gasteiger charge is 2.12. The number of primary amides is 1. The van der Waals surface area contributed by atoms with Gasteiger partial charge in [0, 0.05) is 15.8 Å². The largest absolute Gasteiger partial charge is 0.449 e. The number of thiophene rings is 1. The van der Waals surface area contributed by atoms with Gasteiger partial charge in [0.2, 0.25) is 0 Å². The monoisotopic (exact) mass is 301 g/mol. The van der Waals surface area contributed by atoms with Crippen LogP contribution in [0.1, 0.15) is 11.8 Å². The predicted molar refractivity (Wildman–Crippen MR) is 83.5 cm³/mol. The van der Waals surface area contributed by atoms with E-state index >= 15 is 0 Å². The molecule has 0 fully saturated rings. The second kappa shape index (κ2) is 6.85. The van der Waals surface area contributed by atoms with E-state index in [9.17, 15) is 9.59 Å². The van der Waals surface area contributed by atoms with E-state index in [2.05, 4.69) is 0 Å². The first-order valence-electron chi connectivity index (χ1n) is 6.39. The summed E-state index contributed by atoms with van der Waals surface area (Å²) in [6, 6.07) is 13.9. The van der Waals surface area contributed by atoms with Crippen LogP contribution >= 0.6 is 11.3 Å². The van der Waals surface area contributed by atoms with Crippen LogP contribution in [0.2, 0.25) is 0 Å². The van der Waals surface area contributed by atoms with E-state index in [-0.39, 0.29) is 0 Å². The van der Waals surface area contributed by atoms with Crippen molar-refractivity contribution < 1.29 is 14.3 Å². The number of carbonyl (C=O) groups excluding carboxylic acids is 2. The number of nitrogens with two attached hydrogens (primary N) is 1. The van der Waals surface area contributed by atoms with E-state index in [1.54, 1.807) is 17.4 Å². The first-order chi connectivity index (χ1) is 10.1. The van der Waals surface area contributed by atoms with Crippen molar-refractivity contribution in [3.05, 3.63) is 53.4 Å². The molecule has 0 radical (unpaired) electrons. The van der Waals surface area contributed by atoms with Crippen molar-refractivity contribution in [2.24, 2.45) is 5.73 Å². The molecule has 0 bridgehead atoms. The summed E-state index contributed by atoms with van der Waals surface area (Å²) in [7, 11) is 0. The maximum atomic E-state index is 11.5. The van der Waals surface area contributed by atoms with Crippen molar-refractivity contribution in [2.75, 3.05) is 0 Å². The molecule has 2 N–H and O–H groups in total. The summed E-state index contributed by atoms with van der Waals surface area (Å²) in [5.74, 6) is -1.25. The summed E-state index contributed by atoms with van der Waals surface area (Å²) in [5, 5.41) is 0. The minimum atomic E-state index is -0.926. The topological polar surface area (TPSA) is 69.4 Å². The Morgan fingerprint density at radius 1 is 1.19 bits per heavy atom. The minimum absolute atomic E-state index is 0.587. The molecule has 108 valence electrons. The highest BCUT2D eigenvalue weighted by Crippen LogP contribution is 2.28. The average Bonchev–Trinajstić information content (AvgIpc) is 2.95. The van der Waals surface area contributed by atoms with Gasteiger partial charge in [-0.25, -0.2) is 4.79 Å². The SMILES string of the molecule is CC(OC(=O)/C=C/c1ccc(-c2ccccc2)s1)C(N)=O. The highest BCUT2D eigenvalue weighted by molar-refractivity contribution is 7.16. The molecule has 0 aliphatic carbocycles. The molecular formula is C16H15NO3S. The van der Waals surface area contributed by atoms with Crippen LogP contribution in [-0.4, -0.2) is 18.0 Å². The zero-order valence-corrected chi connectivity index (χ0v) is 12.3. The van der Waals surface area contributed by atoms with Crippen LogP contribution in [0.3, 0.4) is 0 Å². The molecule has 1 aromatic carbocycles. The minimum Gasteiger partial charge on any atom is -0.449 e. The molecule has 4 nitrogen and oxygen atoms in total. The fourth-order valence-corrected chi connectivity index (χ4v) is 2.54. The van der Waals surface area contributed by atoms with Gasteiger partial charge in [-0.3, -0.25) is 4.79 Å². The zero-order chi connectivity index (χ0) is 15.2. The summed E-state index contributed by atoms with van der Waals surface area (Å²) >= 11 is 1.57. The van der Waals surface area contributed by atoms with Crippen LogP contribution in [0.5, 0.6) is 0 Å². The second-order valence-electron chi connectivity index (χ2n) is 4.38. The lowest BCUT2D eigenvalue weighted by atomic mass is 10.2. The van der Waals surface area contributed by atoms with E-state index in [0.717, 1.165) is 15.3 Å².